The van der Waals surface area contributed by atoms with Crippen molar-refractivity contribution in [3.05, 3.63) is 0 Å². The number of aliphatic hydroxyl groups is 4. The van der Waals surface area contributed by atoms with Crippen molar-refractivity contribution in [1.29, 1.82) is 0 Å². The number of hydrogen-bond acceptors (Lipinski definition) is 4. The second-order valence-electron chi connectivity index (χ2n) is 11.5. The van der Waals surface area contributed by atoms with Crippen LogP contribution in [0.4, 0.5) is 0 Å². The molecule has 0 unspecified atom stereocenters. The summed E-state index contributed by atoms with van der Waals surface area (Å²) in [5.74, 6) is 0.577. The highest BCUT2D eigenvalue weighted by molar-refractivity contribution is 5.11. The van der Waals surface area contributed by atoms with Gasteiger partial charge in [-0.05, 0) is 81.0 Å². The molecule has 0 aliphatic heterocycles. The van der Waals surface area contributed by atoms with Crippen molar-refractivity contribution in [2.45, 2.75) is 117 Å². The molecule has 0 aromatic heterocycles. The summed E-state index contributed by atoms with van der Waals surface area (Å²) in [5, 5.41) is 42.3. The molecule has 4 N–H and O–H groups in total. The molecule has 0 saturated heterocycles. The van der Waals surface area contributed by atoms with Gasteiger partial charge in [0.25, 0.3) is 0 Å². The Morgan fingerprint density at radius 2 is 1.75 bits per heavy atom. The largest absolute Gasteiger partial charge is 0.396 e. The monoisotopic (exact) mass is 398 g/mol. The van der Waals surface area contributed by atoms with Gasteiger partial charge < -0.3 is 20.4 Å². The average Bonchev–Trinajstić information content (AvgIpc) is 2.61. The zero-order valence-electron chi connectivity index (χ0n) is 19.2. The van der Waals surface area contributed by atoms with Crippen molar-refractivity contribution in [3.63, 3.8) is 0 Å². The minimum atomic E-state index is -0.918. The van der Waals surface area contributed by atoms with E-state index in [1.54, 1.807) is 0 Å². The highest BCUT2D eigenvalue weighted by atomic mass is 16.3. The maximum Gasteiger partial charge on any atom is 0.0730 e. The highest BCUT2D eigenvalue weighted by Crippen LogP contribution is 2.63. The van der Waals surface area contributed by atoms with E-state index in [0.717, 1.165) is 19.3 Å². The van der Waals surface area contributed by atoms with Crippen LogP contribution in [0.3, 0.4) is 0 Å². The zero-order valence-corrected chi connectivity index (χ0v) is 19.2. The second-order valence-corrected chi connectivity index (χ2v) is 11.5. The molecule has 2 rings (SSSR count). The van der Waals surface area contributed by atoms with Crippen LogP contribution < -0.4 is 0 Å². The van der Waals surface area contributed by atoms with Crippen molar-refractivity contribution in [3.8, 4) is 0 Å². The van der Waals surface area contributed by atoms with Gasteiger partial charge in [0, 0.05) is 12.5 Å². The summed E-state index contributed by atoms with van der Waals surface area (Å²) in [5.41, 5.74) is -1.52. The average molecular weight is 399 g/mol. The first-order chi connectivity index (χ1) is 12.8. The highest BCUT2D eigenvalue weighted by Gasteiger charge is 2.61. The number of aliphatic hydroxyl groups excluding tert-OH is 2. The van der Waals surface area contributed by atoms with Gasteiger partial charge in [-0.25, -0.2) is 0 Å². The van der Waals surface area contributed by atoms with E-state index >= 15 is 0 Å². The summed E-state index contributed by atoms with van der Waals surface area (Å²) in [6, 6.07) is 0. The Morgan fingerprint density at radius 3 is 2.36 bits per heavy atom. The SMILES string of the molecule is C[C@H](CO)[C@@H](O)CC[C@](C)(O)CC[C@@]1(O)[C@H](C)CC[C@H]2C(C)(C)CCC[C@@]21C. The summed E-state index contributed by atoms with van der Waals surface area (Å²) in [6.45, 7) is 12.8. The minimum absolute atomic E-state index is 0.0455. The van der Waals surface area contributed by atoms with Crippen LogP contribution in [0.2, 0.25) is 0 Å². The van der Waals surface area contributed by atoms with Crippen molar-refractivity contribution < 1.29 is 20.4 Å². The lowest BCUT2D eigenvalue weighted by molar-refractivity contribution is -0.216. The molecule has 0 amide bonds. The quantitative estimate of drug-likeness (QED) is 0.492. The van der Waals surface area contributed by atoms with Crippen LogP contribution in [0.25, 0.3) is 0 Å². The van der Waals surface area contributed by atoms with Crippen molar-refractivity contribution in [2.75, 3.05) is 6.61 Å². The minimum Gasteiger partial charge on any atom is -0.396 e. The Labute approximate surface area is 172 Å². The Morgan fingerprint density at radius 1 is 1.11 bits per heavy atom. The molecule has 0 radical (unpaired) electrons. The molecular weight excluding hydrogens is 352 g/mol. The fraction of sp³-hybridized carbons (Fsp3) is 1.00. The van der Waals surface area contributed by atoms with E-state index in [2.05, 4.69) is 27.7 Å². The summed E-state index contributed by atoms with van der Waals surface area (Å²) in [4.78, 5) is 0. The van der Waals surface area contributed by atoms with E-state index in [0.29, 0.717) is 31.6 Å². The maximum absolute atomic E-state index is 12.0. The second kappa shape index (κ2) is 8.53. The fourth-order valence-corrected chi connectivity index (χ4v) is 6.55. The first-order valence-corrected chi connectivity index (χ1v) is 11.5. The molecule has 2 saturated carbocycles. The molecule has 28 heavy (non-hydrogen) atoms. The van der Waals surface area contributed by atoms with E-state index in [-0.39, 0.29) is 29.3 Å². The first-order valence-electron chi connectivity index (χ1n) is 11.5. The molecule has 2 aliphatic rings. The van der Waals surface area contributed by atoms with Gasteiger partial charge >= 0.3 is 0 Å². The standard InChI is InChI=1S/C24H46O4/c1-17(16-25)19(26)10-13-22(5,27)14-15-24(28)18(2)8-9-20-21(3,4)11-7-12-23(20,24)6/h17-20,25-28H,7-16H2,1-6H3/t17-,18-,19+,20+,22+,23+,24-/m1/s1. The van der Waals surface area contributed by atoms with Gasteiger partial charge in [0.2, 0.25) is 0 Å². The van der Waals surface area contributed by atoms with Crippen LogP contribution in [0.5, 0.6) is 0 Å². The number of fused-ring (bicyclic) bond motifs is 1. The Balaban J connectivity index is 2.09. The van der Waals surface area contributed by atoms with Crippen LogP contribution in [0.15, 0.2) is 0 Å². The lowest BCUT2D eigenvalue weighted by atomic mass is 9.44. The number of rotatable bonds is 8. The molecule has 0 aromatic carbocycles. The van der Waals surface area contributed by atoms with E-state index < -0.39 is 17.3 Å². The Bertz CT molecular complexity index is 517. The summed E-state index contributed by atoms with van der Waals surface area (Å²) in [6.07, 6.45) is 7.19. The van der Waals surface area contributed by atoms with Crippen molar-refractivity contribution in [1.82, 2.24) is 0 Å². The van der Waals surface area contributed by atoms with Gasteiger partial charge in [0.1, 0.15) is 0 Å². The molecule has 0 bridgehead atoms. The van der Waals surface area contributed by atoms with Gasteiger partial charge in [-0.15, -0.1) is 0 Å². The lowest BCUT2D eigenvalue weighted by Gasteiger charge is -2.63. The molecular formula is C24H46O4. The smallest absolute Gasteiger partial charge is 0.0730 e. The van der Waals surface area contributed by atoms with Gasteiger partial charge in [0.15, 0.2) is 0 Å². The van der Waals surface area contributed by atoms with Crippen LogP contribution in [0.1, 0.15) is 99.3 Å². The van der Waals surface area contributed by atoms with E-state index in [1.807, 2.05) is 13.8 Å². The maximum atomic E-state index is 12.0. The molecule has 7 atom stereocenters. The van der Waals surface area contributed by atoms with Gasteiger partial charge in [0.05, 0.1) is 17.3 Å². The summed E-state index contributed by atoms with van der Waals surface area (Å²) < 4.78 is 0. The van der Waals surface area contributed by atoms with Crippen LogP contribution >= 0.6 is 0 Å². The van der Waals surface area contributed by atoms with E-state index in [1.165, 1.54) is 12.8 Å². The van der Waals surface area contributed by atoms with E-state index in [9.17, 15) is 20.4 Å². The van der Waals surface area contributed by atoms with Crippen LogP contribution in [0, 0.1) is 28.6 Å². The lowest BCUT2D eigenvalue weighted by Crippen LogP contribution is -2.62. The predicted molar refractivity (Wildman–Crippen MR) is 114 cm³/mol. The number of hydrogen-bond donors (Lipinski definition) is 4. The molecule has 2 fully saturated rings. The van der Waals surface area contributed by atoms with Gasteiger partial charge in [-0.1, -0.05) is 41.0 Å². The molecule has 4 heteroatoms. The molecule has 4 nitrogen and oxygen atoms in total. The zero-order chi connectivity index (χ0) is 21.4. The molecule has 0 heterocycles. The molecule has 0 aromatic rings. The van der Waals surface area contributed by atoms with Crippen LogP contribution in [-0.4, -0.2) is 44.3 Å². The Kier molecular flexibility index (Phi) is 7.34. The summed E-state index contributed by atoms with van der Waals surface area (Å²) >= 11 is 0. The van der Waals surface area contributed by atoms with Crippen LogP contribution in [-0.2, 0) is 0 Å². The first kappa shape index (κ1) is 24.1. The fourth-order valence-electron chi connectivity index (χ4n) is 6.55. The summed E-state index contributed by atoms with van der Waals surface area (Å²) in [7, 11) is 0. The molecule has 0 spiro atoms. The molecule has 2 aliphatic carbocycles. The van der Waals surface area contributed by atoms with Gasteiger partial charge in [-0.3, -0.25) is 0 Å². The third-order valence-corrected chi connectivity index (χ3v) is 8.89. The van der Waals surface area contributed by atoms with Gasteiger partial charge in [-0.2, -0.15) is 0 Å². The normalized spacial score (nSPS) is 39.6. The van der Waals surface area contributed by atoms with E-state index in [4.69, 9.17) is 0 Å². The van der Waals surface area contributed by atoms with Crippen molar-refractivity contribution in [2.24, 2.45) is 28.6 Å². The topological polar surface area (TPSA) is 80.9 Å². The predicted octanol–water partition coefficient (Wildman–Crippen LogP) is 4.28. The third-order valence-electron chi connectivity index (χ3n) is 8.89. The Hall–Kier alpha value is -0.160. The van der Waals surface area contributed by atoms with Crippen molar-refractivity contribution >= 4 is 0 Å². The third kappa shape index (κ3) is 4.61. The molecule has 166 valence electrons.